The van der Waals surface area contributed by atoms with Crippen molar-refractivity contribution in [2.24, 2.45) is 5.41 Å². The summed E-state index contributed by atoms with van der Waals surface area (Å²) in [5, 5.41) is 12.1. The van der Waals surface area contributed by atoms with E-state index in [2.05, 4.69) is 10.3 Å². The Morgan fingerprint density at radius 3 is 2.65 bits per heavy atom. The highest BCUT2D eigenvalue weighted by Gasteiger charge is 2.53. The van der Waals surface area contributed by atoms with Gasteiger partial charge in [-0.25, -0.2) is 22.5 Å². The minimum absolute atomic E-state index is 0.0668. The Morgan fingerprint density at radius 2 is 2.00 bits per heavy atom. The summed E-state index contributed by atoms with van der Waals surface area (Å²) in [6.45, 7) is 1.61. The van der Waals surface area contributed by atoms with Crippen LogP contribution in [0.15, 0.2) is 59.8 Å². The molecule has 0 spiro atoms. The Morgan fingerprint density at radius 1 is 1.26 bits per heavy atom. The summed E-state index contributed by atoms with van der Waals surface area (Å²) in [6.07, 6.45) is 4.71. The molecule has 8 nitrogen and oxygen atoms in total. The zero-order chi connectivity index (χ0) is 31.1. The van der Waals surface area contributed by atoms with Crippen molar-refractivity contribution in [3.8, 4) is 6.07 Å². The molecule has 2 heterocycles. The number of anilines is 2. The van der Waals surface area contributed by atoms with Crippen LogP contribution < -0.4 is 15.1 Å². The molecule has 1 unspecified atom stereocenters. The highest BCUT2D eigenvalue weighted by Crippen LogP contribution is 2.45. The molecule has 0 bridgehead atoms. The highest BCUT2D eigenvalue weighted by molar-refractivity contribution is 6.31. The number of benzene rings is 1. The molecule has 43 heavy (non-hydrogen) atoms. The van der Waals surface area contributed by atoms with E-state index in [4.69, 9.17) is 11.6 Å². The van der Waals surface area contributed by atoms with Gasteiger partial charge in [-0.05, 0) is 43.2 Å². The summed E-state index contributed by atoms with van der Waals surface area (Å²) >= 11 is 6.66. The van der Waals surface area contributed by atoms with Gasteiger partial charge in [-0.1, -0.05) is 36.7 Å². The third-order valence-corrected chi connectivity index (χ3v) is 8.61. The molecule has 2 fully saturated rings. The lowest BCUT2D eigenvalue weighted by atomic mass is 9.74. The minimum Gasteiger partial charge on any atom is -0.351 e. The number of alkyl halides is 2. The van der Waals surface area contributed by atoms with Crippen LogP contribution in [-0.4, -0.2) is 46.8 Å². The lowest BCUT2D eigenvalue weighted by Crippen LogP contribution is -2.63. The van der Waals surface area contributed by atoms with Crippen LogP contribution in [0.5, 0.6) is 0 Å². The number of aromatic nitrogens is 1. The van der Waals surface area contributed by atoms with Crippen molar-refractivity contribution in [2.45, 2.75) is 63.1 Å². The van der Waals surface area contributed by atoms with Gasteiger partial charge in [0.25, 0.3) is 11.8 Å². The van der Waals surface area contributed by atoms with Gasteiger partial charge >= 0.3 is 0 Å². The van der Waals surface area contributed by atoms with Gasteiger partial charge in [-0.2, -0.15) is 5.26 Å². The van der Waals surface area contributed by atoms with Crippen molar-refractivity contribution < 1.29 is 31.9 Å². The maximum Gasteiger partial charge on any atom is 0.252 e. The number of pyridine rings is 1. The lowest BCUT2D eigenvalue weighted by Gasteiger charge is -2.46. The Bertz CT molecular complexity index is 1580. The zero-order valence-corrected chi connectivity index (χ0v) is 23.6. The summed E-state index contributed by atoms with van der Waals surface area (Å²) < 4.78 is 57.2. The Labute approximate surface area is 249 Å². The second-order valence-electron chi connectivity index (χ2n) is 11.1. The molecule has 1 saturated heterocycles. The summed E-state index contributed by atoms with van der Waals surface area (Å²) in [5.74, 6) is -7.67. The fourth-order valence-electron chi connectivity index (χ4n) is 5.79. The fourth-order valence-corrected chi connectivity index (χ4v) is 6.04. The molecule has 2 aromatic rings. The average molecular weight is 616 g/mol. The maximum atomic E-state index is 15.2. The standard InChI is InChI=1S/C30H26ClF4N5O3/c1-29(11-3-2-7-22(29)31)25(27(42)38-19-14-30(34,35)15-19)39(20-6-4-5-18(32)13-20)28(43)21-8-9-23(41)40(21)26-24(33)17(16-36)10-12-37-26/h2-7,10,12-13,19,21,25H,8-9,11,14-15H2,1H3,(H,38,42)/t21-,25+,29?/m0/s1. The van der Waals surface area contributed by atoms with E-state index in [1.165, 1.54) is 18.2 Å². The van der Waals surface area contributed by atoms with Crippen molar-refractivity contribution in [3.05, 3.63) is 77.0 Å². The fraction of sp³-hybridized carbons (Fsp3) is 0.367. The van der Waals surface area contributed by atoms with E-state index in [9.17, 15) is 32.8 Å². The first-order chi connectivity index (χ1) is 20.4. The van der Waals surface area contributed by atoms with E-state index < -0.39 is 83.0 Å². The molecule has 1 aliphatic heterocycles. The topological polar surface area (TPSA) is 106 Å². The number of hydrogen-bond donors (Lipinski definition) is 1. The van der Waals surface area contributed by atoms with Crippen molar-refractivity contribution in [3.63, 3.8) is 0 Å². The Balaban J connectivity index is 1.63. The van der Waals surface area contributed by atoms with E-state index in [0.717, 1.165) is 34.2 Å². The smallest absolute Gasteiger partial charge is 0.252 e. The van der Waals surface area contributed by atoms with Crippen LogP contribution in [0.25, 0.3) is 0 Å². The normalized spacial score (nSPS) is 23.7. The Hall–Kier alpha value is -4.24. The average Bonchev–Trinajstić information content (AvgIpc) is 3.33. The lowest BCUT2D eigenvalue weighted by molar-refractivity contribution is -0.135. The van der Waals surface area contributed by atoms with E-state index >= 15 is 4.39 Å². The number of nitrogens with zero attached hydrogens (tertiary/aromatic N) is 4. The zero-order valence-electron chi connectivity index (χ0n) is 22.9. The van der Waals surface area contributed by atoms with Crippen molar-refractivity contribution in [1.29, 1.82) is 5.26 Å². The van der Waals surface area contributed by atoms with Crippen LogP contribution in [0.3, 0.4) is 0 Å². The van der Waals surface area contributed by atoms with Gasteiger partial charge in [0.2, 0.25) is 11.8 Å². The van der Waals surface area contributed by atoms with E-state index in [1.54, 1.807) is 25.1 Å². The van der Waals surface area contributed by atoms with Crippen LogP contribution >= 0.6 is 11.6 Å². The van der Waals surface area contributed by atoms with Gasteiger partial charge in [0.15, 0.2) is 11.6 Å². The van der Waals surface area contributed by atoms with Gasteiger partial charge in [-0.15, -0.1) is 0 Å². The van der Waals surface area contributed by atoms with Gasteiger partial charge in [0.1, 0.15) is 24.0 Å². The van der Waals surface area contributed by atoms with Gasteiger partial charge in [0, 0.05) is 47.6 Å². The van der Waals surface area contributed by atoms with Crippen LogP contribution in [0, 0.1) is 28.4 Å². The number of allylic oxidation sites excluding steroid dienone is 3. The summed E-state index contributed by atoms with van der Waals surface area (Å²) in [4.78, 5) is 47.4. The van der Waals surface area contributed by atoms with E-state index in [1.807, 2.05) is 0 Å². The SMILES string of the molecule is CC1([C@@H](C(=O)NC2CC(F)(F)C2)N(C(=O)[C@@H]2CCC(=O)N2c2nccc(C#N)c2F)c2cccc(F)c2)CC=CC=C1Cl. The molecular weight excluding hydrogens is 590 g/mol. The third-order valence-electron chi connectivity index (χ3n) is 8.05. The molecule has 0 radical (unpaired) electrons. The molecule has 3 atom stereocenters. The van der Waals surface area contributed by atoms with Gasteiger partial charge in [-0.3, -0.25) is 24.2 Å². The molecule has 1 saturated carbocycles. The number of amides is 3. The number of nitrogens with one attached hydrogen (secondary N) is 1. The summed E-state index contributed by atoms with van der Waals surface area (Å²) in [6, 6.07) is 3.85. The van der Waals surface area contributed by atoms with Crippen LogP contribution in [0.2, 0.25) is 0 Å². The predicted molar refractivity (Wildman–Crippen MR) is 149 cm³/mol. The quantitative estimate of drug-likeness (QED) is 0.435. The molecule has 2 aliphatic carbocycles. The molecule has 5 rings (SSSR count). The summed E-state index contributed by atoms with van der Waals surface area (Å²) in [7, 11) is 0. The van der Waals surface area contributed by atoms with E-state index in [-0.39, 0.29) is 30.0 Å². The van der Waals surface area contributed by atoms with Crippen molar-refractivity contribution in [1.82, 2.24) is 10.3 Å². The van der Waals surface area contributed by atoms with Crippen LogP contribution in [-0.2, 0) is 14.4 Å². The van der Waals surface area contributed by atoms with Crippen LogP contribution in [0.1, 0.15) is 44.6 Å². The number of carbonyl (C=O) groups is 3. The number of nitriles is 1. The largest absolute Gasteiger partial charge is 0.351 e. The molecule has 1 aromatic carbocycles. The van der Waals surface area contributed by atoms with E-state index in [0.29, 0.717) is 0 Å². The van der Waals surface area contributed by atoms with Crippen LogP contribution in [0.4, 0.5) is 29.1 Å². The molecule has 1 N–H and O–H groups in total. The molecule has 13 heteroatoms. The first kappa shape index (κ1) is 30.2. The monoisotopic (exact) mass is 615 g/mol. The molecule has 224 valence electrons. The molecular formula is C30H26ClF4N5O3. The van der Waals surface area contributed by atoms with Gasteiger partial charge in [0.05, 0.1) is 5.56 Å². The number of halogens is 5. The number of rotatable bonds is 7. The number of hydrogen-bond acceptors (Lipinski definition) is 5. The molecule has 1 aromatic heterocycles. The second-order valence-corrected chi connectivity index (χ2v) is 11.5. The number of carbonyl (C=O) groups excluding carboxylic acids is 3. The maximum absolute atomic E-state index is 15.2. The third kappa shape index (κ3) is 5.61. The molecule has 3 amide bonds. The van der Waals surface area contributed by atoms with Crippen molar-refractivity contribution in [2.75, 3.05) is 9.80 Å². The predicted octanol–water partition coefficient (Wildman–Crippen LogP) is 5.13. The minimum atomic E-state index is -2.94. The highest BCUT2D eigenvalue weighted by atomic mass is 35.5. The molecule has 3 aliphatic rings. The first-order valence-corrected chi connectivity index (χ1v) is 13.9. The Kier molecular flexibility index (Phi) is 8.05. The first-order valence-electron chi connectivity index (χ1n) is 13.5. The summed E-state index contributed by atoms with van der Waals surface area (Å²) in [5.41, 5.74) is -1.78. The van der Waals surface area contributed by atoms with Crippen molar-refractivity contribution >= 4 is 40.8 Å². The van der Waals surface area contributed by atoms with Gasteiger partial charge < -0.3 is 5.32 Å². The second kappa shape index (κ2) is 11.4.